The second kappa shape index (κ2) is 9.96. The van der Waals surface area contributed by atoms with E-state index in [1.807, 2.05) is 47.5 Å². The lowest BCUT2D eigenvalue weighted by atomic mass is 9.97. The lowest BCUT2D eigenvalue weighted by Gasteiger charge is -2.37. The number of aryl methyl sites for hydroxylation is 1. The van der Waals surface area contributed by atoms with Gasteiger partial charge in [-0.15, -0.1) is 0 Å². The minimum absolute atomic E-state index is 0.157. The van der Waals surface area contributed by atoms with E-state index in [0.29, 0.717) is 19.6 Å². The Morgan fingerprint density at radius 2 is 1.65 bits per heavy atom. The number of amides is 1. The van der Waals surface area contributed by atoms with Gasteiger partial charge in [-0.05, 0) is 42.2 Å². The van der Waals surface area contributed by atoms with Crippen molar-refractivity contribution >= 4 is 23.0 Å². The third kappa shape index (κ3) is 4.88. The number of rotatable bonds is 5. The molecule has 5 nitrogen and oxygen atoms in total. The van der Waals surface area contributed by atoms with Gasteiger partial charge in [-0.2, -0.15) is 0 Å². The van der Waals surface area contributed by atoms with Gasteiger partial charge in [0, 0.05) is 44.3 Å². The molecule has 3 heterocycles. The number of allylic oxidation sites excluding steroid dienone is 2. The van der Waals surface area contributed by atoms with E-state index in [9.17, 15) is 4.79 Å². The highest BCUT2D eigenvalue weighted by molar-refractivity contribution is 5.83. The predicted molar refractivity (Wildman–Crippen MR) is 138 cm³/mol. The third-order valence-electron chi connectivity index (χ3n) is 6.51. The summed E-state index contributed by atoms with van der Waals surface area (Å²) in [5.41, 5.74) is 5.91. The van der Waals surface area contributed by atoms with Crippen LogP contribution in [0.4, 0.5) is 5.82 Å². The van der Waals surface area contributed by atoms with Crippen molar-refractivity contribution in [3.05, 3.63) is 108 Å². The van der Waals surface area contributed by atoms with Crippen LogP contribution in [0.3, 0.4) is 0 Å². The van der Waals surface area contributed by atoms with Gasteiger partial charge in [0.05, 0.1) is 0 Å². The van der Waals surface area contributed by atoms with Crippen molar-refractivity contribution in [2.45, 2.75) is 13.3 Å². The largest absolute Gasteiger partial charge is 0.353 e. The highest BCUT2D eigenvalue weighted by Crippen LogP contribution is 2.31. The first-order valence-corrected chi connectivity index (χ1v) is 11.9. The van der Waals surface area contributed by atoms with Crippen LogP contribution in [-0.2, 0) is 4.79 Å². The zero-order valence-electron chi connectivity index (χ0n) is 19.6. The van der Waals surface area contributed by atoms with E-state index >= 15 is 0 Å². The monoisotopic (exact) mass is 450 g/mol. The number of pyridine rings is 1. The second-order valence-electron chi connectivity index (χ2n) is 8.87. The van der Waals surface area contributed by atoms with Gasteiger partial charge in [0.15, 0.2) is 0 Å². The van der Waals surface area contributed by atoms with Crippen LogP contribution >= 0.6 is 0 Å². The number of piperazine rings is 1. The quantitative estimate of drug-likeness (QED) is 0.558. The molecule has 1 amide bonds. The van der Waals surface area contributed by atoms with Crippen molar-refractivity contribution in [3.8, 4) is 0 Å². The summed E-state index contributed by atoms with van der Waals surface area (Å²) in [6, 6.07) is 24.9. The van der Waals surface area contributed by atoms with Crippen LogP contribution in [0.2, 0.25) is 0 Å². The van der Waals surface area contributed by atoms with E-state index in [1.54, 1.807) is 0 Å². The Bertz CT molecular complexity index is 1200. The molecule has 0 bridgehead atoms. The molecule has 0 spiro atoms. The molecule has 34 heavy (non-hydrogen) atoms. The highest BCUT2D eigenvalue weighted by atomic mass is 16.2. The van der Waals surface area contributed by atoms with E-state index < -0.39 is 0 Å². The average Bonchev–Trinajstić information content (AvgIpc) is 2.90. The van der Waals surface area contributed by atoms with Gasteiger partial charge < -0.3 is 14.7 Å². The first-order chi connectivity index (χ1) is 16.7. The summed E-state index contributed by atoms with van der Waals surface area (Å²) in [6.45, 7) is 5.47. The zero-order valence-corrected chi connectivity index (χ0v) is 19.6. The highest BCUT2D eigenvalue weighted by Gasteiger charge is 2.25. The molecule has 0 unspecified atom stereocenters. The molecule has 1 aromatic heterocycles. The maximum atomic E-state index is 13.4. The Labute approximate surface area is 201 Å². The molecule has 0 aliphatic carbocycles. The summed E-state index contributed by atoms with van der Waals surface area (Å²) in [6.07, 6.45) is 7.08. The standard InChI is InChI=1S/C29H30N4O/c1-23-8-7-11-25(20-23)26-13-14-27(24-9-3-2-4-10-24)33(21-26)22-29(34)32-18-16-31(17-19-32)28-12-5-6-15-30-28/h2-12,14-15,20-21H,13,16-19,22H2,1H3. The van der Waals surface area contributed by atoms with E-state index in [0.717, 1.165) is 36.6 Å². The molecular weight excluding hydrogens is 420 g/mol. The van der Waals surface area contributed by atoms with Gasteiger partial charge in [-0.1, -0.05) is 72.3 Å². The number of carbonyl (C=O) groups excluding carboxylic acids is 1. The first kappa shape index (κ1) is 22.0. The molecule has 5 rings (SSSR count). The number of carbonyl (C=O) groups is 1. The maximum Gasteiger partial charge on any atom is 0.242 e. The zero-order chi connectivity index (χ0) is 23.3. The van der Waals surface area contributed by atoms with E-state index in [2.05, 4.69) is 70.4 Å². The number of hydrogen-bond acceptors (Lipinski definition) is 4. The van der Waals surface area contributed by atoms with E-state index in [-0.39, 0.29) is 5.91 Å². The third-order valence-corrected chi connectivity index (χ3v) is 6.51. The summed E-state index contributed by atoms with van der Waals surface area (Å²) in [5.74, 6) is 1.13. The normalized spacial score (nSPS) is 16.2. The topological polar surface area (TPSA) is 39.7 Å². The molecule has 0 N–H and O–H groups in total. The van der Waals surface area contributed by atoms with E-state index in [4.69, 9.17) is 0 Å². The van der Waals surface area contributed by atoms with Crippen molar-refractivity contribution in [1.29, 1.82) is 0 Å². The fourth-order valence-corrected chi connectivity index (χ4v) is 4.67. The molecule has 2 aromatic carbocycles. The smallest absolute Gasteiger partial charge is 0.242 e. The van der Waals surface area contributed by atoms with Crippen molar-refractivity contribution in [2.75, 3.05) is 37.6 Å². The van der Waals surface area contributed by atoms with Gasteiger partial charge in [0.2, 0.25) is 5.91 Å². The minimum Gasteiger partial charge on any atom is -0.353 e. The lowest BCUT2D eigenvalue weighted by molar-refractivity contribution is -0.131. The van der Waals surface area contributed by atoms with Crippen LogP contribution in [0.25, 0.3) is 11.3 Å². The Morgan fingerprint density at radius 1 is 0.882 bits per heavy atom. The Balaban J connectivity index is 1.33. The van der Waals surface area contributed by atoms with Gasteiger partial charge in [-0.25, -0.2) is 4.98 Å². The number of nitrogens with zero attached hydrogens (tertiary/aromatic N) is 4. The van der Waals surface area contributed by atoms with Gasteiger partial charge in [-0.3, -0.25) is 4.79 Å². The number of benzene rings is 2. The molecule has 3 aromatic rings. The summed E-state index contributed by atoms with van der Waals surface area (Å²) < 4.78 is 0. The molecule has 0 saturated carbocycles. The van der Waals surface area contributed by atoms with Gasteiger partial charge in [0.1, 0.15) is 12.4 Å². The molecule has 5 heteroatoms. The molecule has 2 aliphatic heterocycles. The number of anilines is 1. The molecular formula is C29H30N4O. The van der Waals surface area contributed by atoms with Crippen molar-refractivity contribution in [3.63, 3.8) is 0 Å². The molecule has 172 valence electrons. The molecule has 1 fully saturated rings. The van der Waals surface area contributed by atoms with Crippen molar-refractivity contribution in [1.82, 2.24) is 14.8 Å². The molecule has 1 saturated heterocycles. The summed E-state index contributed by atoms with van der Waals surface area (Å²) in [5, 5.41) is 0. The predicted octanol–water partition coefficient (Wildman–Crippen LogP) is 4.83. The molecule has 0 atom stereocenters. The van der Waals surface area contributed by atoms with Crippen LogP contribution < -0.4 is 4.90 Å². The Morgan fingerprint density at radius 3 is 2.38 bits per heavy atom. The molecule has 0 radical (unpaired) electrons. The second-order valence-corrected chi connectivity index (χ2v) is 8.87. The fraction of sp³-hybridized carbons (Fsp3) is 0.241. The van der Waals surface area contributed by atoms with E-state index in [1.165, 1.54) is 16.7 Å². The minimum atomic E-state index is 0.157. The van der Waals surface area contributed by atoms with Crippen LogP contribution in [0.5, 0.6) is 0 Å². The lowest BCUT2D eigenvalue weighted by Crippen LogP contribution is -2.51. The maximum absolute atomic E-state index is 13.4. The van der Waals surface area contributed by atoms with Crippen LogP contribution in [0, 0.1) is 6.92 Å². The Hall–Kier alpha value is -3.86. The SMILES string of the molecule is Cc1cccc(C2=CN(CC(=O)N3CCN(c4ccccn4)CC3)C(c3ccccc3)=CC2)c1. The number of hydrogen-bond donors (Lipinski definition) is 0. The van der Waals surface area contributed by atoms with Crippen molar-refractivity contribution < 1.29 is 4.79 Å². The Kier molecular flexibility index (Phi) is 6.43. The van der Waals surface area contributed by atoms with Crippen LogP contribution in [0.15, 0.2) is 91.3 Å². The first-order valence-electron chi connectivity index (χ1n) is 11.9. The molecule has 2 aliphatic rings. The van der Waals surface area contributed by atoms with Gasteiger partial charge >= 0.3 is 0 Å². The van der Waals surface area contributed by atoms with Crippen molar-refractivity contribution in [2.24, 2.45) is 0 Å². The van der Waals surface area contributed by atoms with Crippen LogP contribution in [0.1, 0.15) is 23.1 Å². The van der Waals surface area contributed by atoms with Gasteiger partial charge in [0.25, 0.3) is 0 Å². The summed E-state index contributed by atoms with van der Waals surface area (Å²) in [7, 11) is 0. The summed E-state index contributed by atoms with van der Waals surface area (Å²) >= 11 is 0. The van der Waals surface area contributed by atoms with Crippen LogP contribution in [-0.4, -0.2) is 53.4 Å². The number of aromatic nitrogens is 1. The fourth-order valence-electron chi connectivity index (χ4n) is 4.67. The average molecular weight is 451 g/mol. The summed E-state index contributed by atoms with van der Waals surface area (Å²) in [4.78, 5) is 24.2.